The quantitative estimate of drug-likeness (QED) is 0.921. The van der Waals surface area contributed by atoms with Crippen LogP contribution in [0.5, 0.6) is 0 Å². The summed E-state index contributed by atoms with van der Waals surface area (Å²) in [4.78, 5) is 9.52. The van der Waals surface area contributed by atoms with Gasteiger partial charge in [-0.2, -0.15) is 18.3 Å². The van der Waals surface area contributed by atoms with Crippen molar-refractivity contribution in [2.45, 2.75) is 19.0 Å². The van der Waals surface area contributed by atoms with Gasteiger partial charge >= 0.3 is 6.18 Å². The predicted molar refractivity (Wildman–Crippen MR) is 80.5 cm³/mol. The molecule has 6 nitrogen and oxygen atoms in total. The van der Waals surface area contributed by atoms with Crippen molar-refractivity contribution in [3.05, 3.63) is 35.4 Å². The smallest absolute Gasteiger partial charge is 0.396 e. The van der Waals surface area contributed by atoms with Gasteiger partial charge in [-0.1, -0.05) is 0 Å². The summed E-state index contributed by atoms with van der Waals surface area (Å²) >= 11 is 0. The standard InChI is InChI=1S/C15H18F3N5O/c1-9-3-13(15(16,17)18)21-14(20-9)23-6-11(8-24)12(7-23)10-4-19-22(2)5-10/h3-5,11-12,24H,6-8H2,1-2H3/t11-,12-/m0/s1. The maximum atomic E-state index is 13.0. The molecule has 130 valence electrons. The van der Waals surface area contributed by atoms with Gasteiger partial charge in [0.2, 0.25) is 5.95 Å². The zero-order valence-corrected chi connectivity index (χ0v) is 13.3. The molecule has 3 heterocycles. The Hall–Kier alpha value is -2.16. The number of aliphatic hydroxyl groups excluding tert-OH is 1. The molecule has 0 bridgehead atoms. The van der Waals surface area contributed by atoms with E-state index < -0.39 is 11.9 Å². The van der Waals surface area contributed by atoms with E-state index in [1.54, 1.807) is 22.8 Å². The molecule has 0 spiro atoms. The third-order valence-corrected chi connectivity index (χ3v) is 4.24. The molecule has 2 aromatic heterocycles. The molecule has 2 aromatic rings. The lowest BCUT2D eigenvalue weighted by atomic mass is 9.92. The van der Waals surface area contributed by atoms with Gasteiger partial charge in [-0.15, -0.1) is 0 Å². The average molecular weight is 341 g/mol. The molecule has 0 aliphatic carbocycles. The van der Waals surface area contributed by atoms with Crippen LogP contribution in [-0.2, 0) is 13.2 Å². The summed E-state index contributed by atoms with van der Waals surface area (Å²) in [5, 5.41) is 13.8. The van der Waals surface area contributed by atoms with Crippen LogP contribution in [0.15, 0.2) is 18.5 Å². The monoisotopic (exact) mass is 341 g/mol. The summed E-state index contributed by atoms with van der Waals surface area (Å²) in [6.45, 7) is 2.29. The van der Waals surface area contributed by atoms with Gasteiger partial charge in [0.05, 0.1) is 6.20 Å². The van der Waals surface area contributed by atoms with Crippen LogP contribution in [0.4, 0.5) is 19.1 Å². The molecular formula is C15H18F3N5O. The maximum Gasteiger partial charge on any atom is 0.433 e. The number of alkyl halides is 3. The minimum absolute atomic E-state index is 0.0258. The van der Waals surface area contributed by atoms with Crippen LogP contribution in [0.25, 0.3) is 0 Å². The van der Waals surface area contributed by atoms with Gasteiger partial charge < -0.3 is 10.0 Å². The molecule has 1 aliphatic heterocycles. The van der Waals surface area contributed by atoms with Crippen molar-refractivity contribution in [2.24, 2.45) is 13.0 Å². The fourth-order valence-electron chi connectivity index (χ4n) is 3.07. The molecule has 2 atom stereocenters. The van der Waals surface area contributed by atoms with E-state index in [4.69, 9.17) is 0 Å². The summed E-state index contributed by atoms with van der Waals surface area (Å²) in [5.74, 6) is -0.0815. The highest BCUT2D eigenvalue weighted by Crippen LogP contribution is 2.35. The predicted octanol–water partition coefficient (Wildman–Crippen LogP) is 1.75. The Labute approximate surface area is 136 Å². The molecule has 1 aliphatic rings. The van der Waals surface area contributed by atoms with Crippen molar-refractivity contribution in [1.82, 2.24) is 19.7 Å². The van der Waals surface area contributed by atoms with Gasteiger partial charge in [-0.25, -0.2) is 9.97 Å². The van der Waals surface area contributed by atoms with E-state index in [1.807, 2.05) is 6.20 Å². The maximum absolute atomic E-state index is 13.0. The van der Waals surface area contributed by atoms with Crippen molar-refractivity contribution in [3.63, 3.8) is 0 Å². The van der Waals surface area contributed by atoms with Gasteiger partial charge in [0.25, 0.3) is 0 Å². The molecule has 3 rings (SSSR count). The topological polar surface area (TPSA) is 67.1 Å². The number of anilines is 1. The molecule has 0 radical (unpaired) electrons. The lowest BCUT2D eigenvalue weighted by Gasteiger charge is -2.18. The van der Waals surface area contributed by atoms with E-state index in [-0.39, 0.29) is 30.1 Å². The first-order chi connectivity index (χ1) is 11.3. The number of rotatable bonds is 3. The van der Waals surface area contributed by atoms with Gasteiger partial charge in [0, 0.05) is 50.5 Å². The molecule has 1 saturated heterocycles. The van der Waals surface area contributed by atoms with Gasteiger partial charge in [-0.3, -0.25) is 4.68 Å². The van der Waals surface area contributed by atoms with Crippen molar-refractivity contribution < 1.29 is 18.3 Å². The molecule has 0 aromatic carbocycles. The zero-order chi connectivity index (χ0) is 17.5. The molecule has 0 saturated carbocycles. The minimum atomic E-state index is -4.51. The summed E-state index contributed by atoms with van der Waals surface area (Å²) in [6.07, 6.45) is -0.939. The summed E-state index contributed by atoms with van der Waals surface area (Å²) in [7, 11) is 1.80. The third kappa shape index (κ3) is 3.21. The highest BCUT2D eigenvalue weighted by atomic mass is 19.4. The molecular weight excluding hydrogens is 323 g/mol. The average Bonchev–Trinajstić information content (AvgIpc) is 3.11. The van der Waals surface area contributed by atoms with Crippen molar-refractivity contribution in [1.29, 1.82) is 0 Å². The van der Waals surface area contributed by atoms with E-state index in [1.165, 1.54) is 6.92 Å². The molecule has 0 unspecified atom stereocenters. The summed E-state index contributed by atoms with van der Waals surface area (Å²) in [6, 6.07) is 0.932. The van der Waals surface area contributed by atoms with Crippen LogP contribution in [0, 0.1) is 12.8 Å². The van der Waals surface area contributed by atoms with E-state index in [0.717, 1.165) is 11.6 Å². The highest BCUT2D eigenvalue weighted by Gasteiger charge is 2.38. The summed E-state index contributed by atoms with van der Waals surface area (Å²) in [5.41, 5.74) is 0.260. The second kappa shape index (κ2) is 6.04. The second-order valence-corrected chi connectivity index (χ2v) is 6.09. The molecule has 1 N–H and O–H groups in total. The van der Waals surface area contributed by atoms with Crippen molar-refractivity contribution >= 4 is 5.95 Å². The van der Waals surface area contributed by atoms with Crippen LogP contribution in [0.2, 0.25) is 0 Å². The molecule has 9 heteroatoms. The Morgan fingerprint density at radius 3 is 2.62 bits per heavy atom. The Balaban J connectivity index is 1.90. The van der Waals surface area contributed by atoms with E-state index in [2.05, 4.69) is 15.1 Å². The van der Waals surface area contributed by atoms with Crippen LogP contribution >= 0.6 is 0 Å². The van der Waals surface area contributed by atoms with Crippen molar-refractivity contribution in [2.75, 3.05) is 24.6 Å². The number of nitrogens with zero attached hydrogens (tertiary/aromatic N) is 5. The number of halogens is 3. The Morgan fingerprint density at radius 1 is 1.29 bits per heavy atom. The number of aromatic nitrogens is 4. The first-order valence-corrected chi connectivity index (χ1v) is 7.55. The Morgan fingerprint density at radius 2 is 2.04 bits per heavy atom. The Kier molecular flexibility index (Phi) is 4.20. The molecule has 24 heavy (non-hydrogen) atoms. The largest absolute Gasteiger partial charge is 0.433 e. The number of hydrogen-bond donors (Lipinski definition) is 1. The number of aliphatic hydroxyl groups is 1. The zero-order valence-electron chi connectivity index (χ0n) is 13.3. The first-order valence-electron chi connectivity index (χ1n) is 7.55. The van der Waals surface area contributed by atoms with Gasteiger partial charge in [0.15, 0.2) is 0 Å². The van der Waals surface area contributed by atoms with E-state index >= 15 is 0 Å². The van der Waals surface area contributed by atoms with E-state index in [9.17, 15) is 18.3 Å². The van der Waals surface area contributed by atoms with Crippen molar-refractivity contribution in [3.8, 4) is 0 Å². The Bertz CT molecular complexity index is 730. The lowest BCUT2D eigenvalue weighted by Crippen LogP contribution is -2.24. The van der Waals surface area contributed by atoms with Crippen LogP contribution in [0.1, 0.15) is 22.9 Å². The number of aryl methyl sites for hydroxylation is 2. The van der Waals surface area contributed by atoms with Crippen LogP contribution in [-0.4, -0.2) is 44.6 Å². The molecule has 1 fully saturated rings. The third-order valence-electron chi connectivity index (χ3n) is 4.24. The SMILES string of the molecule is Cc1cc(C(F)(F)F)nc(N2C[C@@H](CO)[C@H](c3cnn(C)c3)C2)n1. The normalized spacial score (nSPS) is 21.5. The fourth-order valence-corrected chi connectivity index (χ4v) is 3.07. The van der Waals surface area contributed by atoms with Crippen LogP contribution in [0.3, 0.4) is 0 Å². The first kappa shape index (κ1) is 16.7. The van der Waals surface area contributed by atoms with Gasteiger partial charge in [0.1, 0.15) is 5.69 Å². The fraction of sp³-hybridized carbons (Fsp3) is 0.533. The lowest BCUT2D eigenvalue weighted by molar-refractivity contribution is -0.141. The molecule has 0 amide bonds. The highest BCUT2D eigenvalue weighted by molar-refractivity contribution is 5.37. The summed E-state index contributed by atoms with van der Waals surface area (Å²) < 4.78 is 40.6. The van der Waals surface area contributed by atoms with Crippen LogP contribution < -0.4 is 4.90 Å². The van der Waals surface area contributed by atoms with E-state index in [0.29, 0.717) is 13.1 Å². The minimum Gasteiger partial charge on any atom is -0.396 e. The second-order valence-electron chi connectivity index (χ2n) is 6.09. The van der Waals surface area contributed by atoms with Gasteiger partial charge in [-0.05, 0) is 18.6 Å². The number of hydrogen-bond acceptors (Lipinski definition) is 5.